The van der Waals surface area contributed by atoms with Crippen LogP contribution < -0.4 is 0 Å². The molecule has 0 aromatic carbocycles. The van der Waals surface area contributed by atoms with Crippen LogP contribution in [0.3, 0.4) is 0 Å². The fourth-order valence-corrected chi connectivity index (χ4v) is 3.85. The number of hydrogen-bond acceptors (Lipinski definition) is 2. The maximum Gasteiger partial charge on any atom is 0.105 e. The molecule has 0 radical (unpaired) electrons. The van der Waals surface area contributed by atoms with Crippen molar-refractivity contribution >= 4 is 0 Å². The number of aliphatic hydroxyl groups is 1. The topological polar surface area (TPSA) is 23.5 Å². The lowest BCUT2D eigenvalue weighted by atomic mass is 9.76. The summed E-state index contributed by atoms with van der Waals surface area (Å²) in [7, 11) is 0. The molecule has 1 saturated heterocycles. The molecule has 2 fully saturated rings. The van der Waals surface area contributed by atoms with Gasteiger partial charge in [-0.1, -0.05) is 13.8 Å². The van der Waals surface area contributed by atoms with Crippen LogP contribution in [-0.4, -0.2) is 41.9 Å². The molecule has 0 spiro atoms. The monoisotopic (exact) mass is 271 g/mol. The Morgan fingerprint density at radius 3 is 2.42 bits per heavy atom. The largest absolute Gasteiger partial charge is 0.393 e. The van der Waals surface area contributed by atoms with Crippen molar-refractivity contribution in [3.63, 3.8) is 0 Å². The van der Waals surface area contributed by atoms with Gasteiger partial charge in [0.25, 0.3) is 0 Å². The molecular weight excluding hydrogens is 241 g/mol. The van der Waals surface area contributed by atoms with Gasteiger partial charge in [0.05, 0.1) is 6.10 Å². The van der Waals surface area contributed by atoms with E-state index in [1.165, 1.54) is 25.7 Å². The lowest BCUT2D eigenvalue weighted by Gasteiger charge is -2.40. The van der Waals surface area contributed by atoms with Crippen LogP contribution in [0.5, 0.6) is 0 Å². The lowest BCUT2D eigenvalue weighted by molar-refractivity contribution is 0.0179. The third-order valence-corrected chi connectivity index (χ3v) is 5.32. The number of rotatable bonds is 4. The van der Waals surface area contributed by atoms with Crippen LogP contribution in [0.2, 0.25) is 0 Å². The second kappa shape index (κ2) is 7.03. The van der Waals surface area contributed by atoms with E-state index in [0.29, 0.717) is 6.42 Å². The van der Waals surface area contributed by atoms with E-state index < -0.39 is 0 Å². The zero-order chi connectivity index (χ0) is 13.8. The van der Waals surface area contributed by atoms with Gasteiger partial charge in [-0.2, -0.15) is 0 Å². The fraction of sp³-hybridized carbons (Fsp3) is 1.00. The Kier molecular flexibility index (Phi) is 5.64. The van der Waals surface area contributed by atoms with Crippen molar-refractivity contribution in [2.75, 3.05) is 19.8 Å². The highest BCUT2D eigenvalue weighted by Crippen LogP contribution is 2.34. The van der Waals surface area contributed by atoms with Crippen molar-refractivity contribution in [1.29, 1.82) is 0 Å². The third kappa shape index (κ3) is 4.16. The highest BCUT2D eigenvalue weighted by atomic mass is 19.1. The molecule has 1 heterocycles. The first kappa shape index (κ1) is 15.2. The summed E-state index contributed by atoms with van der Waals surface area (Å²) in [5.74, 6) is 2.46. The summed E-state index contributed by atoms with van der Waals surface area (Å²) in [6, 6.07) is -0.0356. The molecule has 0 aromatic rings. The van der Waals surface area contributed by atoms with Crippen molar-refractivity contribution in [1.82, 2.24) is 4.90 Å². The zero-order valence-corrected chi connectivity index (χ0v) is 12.5. The van der Waals surface area contributed by atoms with Crippen LogP contribution in [0.25, 0.3) is 0 Å². The minimum atomic E-state index is -0.307. The van der Waals surface area contributed by atoms with E-state index in [-0.39, 0.29) is 18.8 Å². The van der Waals surface area contributed by atoms with Gasteiger partial charge in [-0.25, -0.2) is 4.39 Å². The molecule has 0 bridgehead atoms. The summed E-state index contributed by atoms with van der Waals surface area (Å²) < 4.78 is 13.1. The molecule has 3 heteroatoms. The molecule has 0 amide bonds. The Morgan fingerprint density at radius 2 is 1.84 bits per heavy atom. The van der Waals surface area contributed by atoms with E-state index in [9.17, 15) is 9.50 Å². The number of halogens is 1. The third-order valence-electron chi connectivity index (χ3n) is 5.32. The summed E-state index contributed by atoms with van der Waals surface area (Å²) in [6.07, 6.45) is 6.46. The summed E-state index contributed by atoms with van der Waals surface area (Å²) in [5.41, 5.74) is 0. The van der Waals surface area contributed by atoms with Crippen molar-refractivity contribution in [3.8, 4) is 0 Å². The molecule has 1 aliphatic carbocycles. The van der Waals surface area contributed by atoms with Crippen LogP contribution in [-0.2, 0) is 0 Å². The molecule has 2 unspecified atom stereocenters. The zero-order valence-electron chi connectivity index (χ0n) is 12.5. The van der Waals surface area contributed by atoms with E-state index in [0.717, 1.165) is 37.3 Å². The minimum absolute atomic E-state index is 0.0356. The maximum absolute atomic E-state index is 13.1. The Bertz CT molecular complexity index is 263. The van der Waals surface area contributed by atoms with E-state index in [1.54, 1.807) is 0 Å². The van der Waals surface area contributed by atoms with E-state index in [4.69, 9.17) is 0 Å². The van der Waals surface area contributed by atoms with Gasteiger partial charge < -0.3 is 5.11 Å². The predicted molar refractivity (Wildman–Crippen MR) is 76.9 cm³/mol. The SMILES string of the molecule is CC(C)C1CCC(CN2CCC(O)CC2CF)CC1. The van der Waals surface area contributed by atoms with Crippen molar-refractivity contribution in [2.45, 2.75) is 64.5 Å². The Hall–Kier alpha value is -0.150. The predicted octanol–water partition coefficient (Wildman–Crippen LogP) is 3.24. The summed E-state index contributed by atoms with van der Waals surface area (Å²) in [4.78, 5) is 2.30. The molecule has 1 aliphatic heterocycles. The summed E-state index contributed by atoms with van der Waals surface area (Å²) in [6.45, 7) is 6.27. The lowest BCUT2D eigenvalue weighted by Crippen LogP contribution is -2.47. The van der Waals surface area contributed by atoms with Gasteiger partial charge in [-0.05, 0) is 56.3 Å². The van der Waals surface area contributed by atoms with E-state index in [2.05, 4.69) is 18.7 Å². The second-order valence-electron chi connectivity index (χ2n) is 7.01. The van der Waals surface area contributed by atoms with Gasteiger partial charge in [0, 0.05) is 19.1 Å². The molecule has 2 aliphatic rings. The molecular formula is C16H30FNO. The number of piperidine rings is 1. The van der Waals surface area contributed by atoms with Gasteiger partial charge in [0.1, 0.15) is 6.67 Å². The van der Waals surface area contributed by atoms with Crippen molar-refractivity contribution in [3.05, 3.63) is 0 Å². The Morgan fingerprint density at radius 1 is 1.16 bits per heavy atom. The van der Waals surface area contributed by atoms with E-state index in [1.807, 2.05) is 0 Å². The molecule has 1 N–H and O–H groups in total. The maximum atomic E-state index is 13.1. The molecule has 19 heavy (non-hydrogen) atoms. The quantitative estimate of drug-likeness (QED) is 0.848. The standard InChI is InChI=1S/C16H30FNO/c1-12(2)14-5-3-13(4-6-14)11-18-8-7-16(19)9-15(18)10-17/h12-16,19H,3-11H2,1-2H3. The molecule has 2 atom stereocenters. The molecule has 112 valence electrons. The smallest absolute Gasteiger partial charge is 0.105 e. The van der Waals surface area contributed by atoms with Gasteiger partial charge >= 0.3 is 0 Å². The number of alkyl halides is 1. The van der Waals surface area contributed by atoms with Crippen LogP contribution >= 0.6 is 0 Å². The van der Waals surface area contributed by atoms with Gasteiger partial charge in [0.15, 0.2) is 0 Å². The summed E-state index contributed by atoms with van der Waals surface area (Å²) in [5, 5.41) is 9.64. The summed E-state index contributed by atoms with van der Waals surface area (Å²) >= 11 is 0. The van der Waals surface area contributed by atoms with Crippen molar-refractivity contribution in [2.24, 2.45) is 17.8 Å². The minimum Gasteiger partial charge on any atom is -0.393 e. The Labute approximate surface area is 117 Å². The van der Waals surface area contributed by atoms with Gasteiger partial charge in [-0.3, -0.25) is 4.90 Å². The molecule has 0 aromatic heterocycles. The van der Waals surface area contributed by atoms with Crippen LogP contribution in [0.1, 0.15) is 52.4 Å². The average molecular weight is 271 g/mol. The van der Waals surface area contributed by atoms with Crippen LogP contribution in [0.4, 0.5) is 4.39 Å². The highest BCUT2D eigenvalue weighted by Gasteiger charge is 2.30. The first-order valence-electron chi connectivity index (χ1n) is 8.08. The van der Waals surface area contributed by atoms with Crippen molar-refractivity contribution < 1.29 is 9.50 Å². The highest BCUT2D eigenvalue weighted by molar-refractivity contribution is 4.84. The second-order valence-corrected chi connectivity index (χ2v) is 7.01. The van der Waals surface area contributed by atoms with Gasteiger partial charge in [-0.15, -0.1) is 0 Å². The molecule has 2 rings (SSSR count). The first-order valence-corrected chi connectivity index (χ1v) is 8.08. The fourth-order valence-electron chi connectivity index (χ4n) is 3.85. The average Bonchev–Trinajstić information content (AvgIpc) is 2.41. The van der Waals surface area contributed by atoms with E-state index >= 15 is 0 Å². The number of aliphatic hydroxyl groups excluding tert-OH is 1. The number of nitrogens with zero attached hydrogens (tertiary/aromatic N) is 1. The first-order chi connectivity index (χ1) is 9.10. The molecule has 1 saturated carbocycles. The molecule has 2 nitrogen and oxygen atoms in total. The normalized spacial score (nSPS) is 37.7. The Balaban J connectivity index is 1.78. The number of likely N-dealkylation sites (tertiary alicyclic amines) is 1. The number of hydrogen-bond donors (Lipinski definition) is 1. The van der Waals surface area contributed by atoms with Crippen LogP contribution in [0, 0.1) is 17.8 Å². The van der Waals surface area contributed by atoms with Crippen LogP contribution in [0.15, 0.2) is 0 Å². The van der Waals surface area contributed by atoms with Gasteiger partial charge in [0.2, 0.25) is 0 Å².